The molecule has 1 aliphatic carbocycles. The van der Waals surface area contributed by atoms with E-state index in [1.165, 1.54) is 6.08 Å². The summed E-state index contributed by atoms with van der Waals surface area (Å²) in [5.41, 5.74) is 0. The molecule has 0 amide bonds. The molecule has 0 aromatic heterocycles. The lowest BCUT2D eigenvalue weighted by molar-refractivity contribution is -0.235. The third-order valence-corrected chi connectivity index (χ3v) is 2.03. The molecule has 0 aliphatic heterocycles. The minimum atomic E-state index is -1.30. The first-order valence-corrected chi connectivity index (χ1v) is 4.15. The lowest BCUT2D eigenvalue weighted by Crippen LogP contribution is -2.34. The molecule has 0 saturated heterocycles. The van der Waals surface area contributed by atoms with Gasteiger partial charge in [0.2, 0.25) is 0 Å². The number of ether oxygens (including phenoxy) is 2. The van der Waals surface area contributed by atoms with Gasteiger partial charge >= 0.3 is 0 Å². The van der Waals surface area contributed by atoms with Crippen LogP contribution < -0.4 is 0 Å². The molecule has 0 heterocycles. The maximum absolute atomic E-state index is 11.9. The van der Waals surface area contributed by atoms with E-state index in [4.69, 9.17) is 0 Å². The van der Waals surface area contributed by atoms with Crippen molar-refractivity contribution in [3.05, 3.63) is 23.1 Å². The van der Waals surface area contributed by atoms with Crippen LogP contribution in [0.15, 0.2) is 23.1 Å². The Balaban J connectivity index is 2.65. The van der Waals surface area contributed by atoms with Crippen molar-refractivity contribution in [2.24, 2.45) is 0 Å². The van der Waals surface area contributed by atoms with Crippen LogP contribution in [0.25, 0.3) is 0 Å². The topological polar surface area (TPSA) is 18.5 Å². The quantitative estimate of drug-likeness (QED) is 0.564. The average molecular weight is 208 g/mol. The fourth-order valence-corrected chi connectivity index (χ4v) is 1.20. The van der Waals surface area contributed by atoms with Crippen LogP contribution in [-0.2, 0) is 9.47 Å². The number of rotatable bonds is 4. The van der Waals surface area contributed by atoms with Gasteiger partial charge in [-0.25, -0.2) is 8.78 Å². The van der Waals surface area contributed by atoms with Crippen molar-refractivity contribution in [1.29, 1.82) is 0 Å². The predicted molar refractivity (Wildman–Crippen MR) is 47.7 cm³/mol. The molecule has 0 atom stereocenters. The zero-order valence-electron chi connectivity index (χ0n) is 6.87. The van der Waals surface area contributed by atoms with Crippen LogP contribution in [0.4, 0.5) is 8.78 Å². The van der Waals surface area contributed by atoms with Crippen LogP contribution >= 0.6 is 12.6 Å². The first kappa shape index (κ1) is 10.7. The lowest BCUT2D eigenvalue weighted by Gasteiger charge is -2.29. The first-order valence-electron chi connectivity index (χ1n) is 3.70. The second-order valence-electron chi connectivity index (χ2n) is 2.49. The number of hydrogen-bond donors (Lipinski definition) is 1. The van der Waals surface area contributed by atoms with Gasteiger partial charge in [-0.1, -0.05) is 6.08 Å². The lowest BCUT2D eigenvalue weighted by atomic mass is 10.1. The summed E-state index contributed by atoms with van der Waals surface area (Å²) in [7, 11) is 0. The molecule has 0 saturated carbocycles. The van der Waals surface area contributed by atoms with E-state index >= 15 is 0 Å². The Morgan fingerprint density at radius 2 is 2.00 bits per heavy atom. The molecule has 1 rings (SSSR count). The van der Waals surface area contributed by atoms with Crippen LogP contribution in [0.5, 0.6) is 0 Å². The molecule has 0 radical (unpaired) electrons. The van der Waals surface area contributed by atoms with E-state index in [9.17, 15) is 8.78 Å². The van der Waals surface area contributed by atoms with E-state index < -0.39 is 19.5 Å². The second kappa shape index (κ2) is 4.74. The van der Waals surface area contributed by atoms with Gasteiger partial charge < -0.3 is 9.47 Å². The number of hydrogen-bond acceptors (Lipinski definition) is 3. The van der Waals surface area contributed by atoms with Gasteiger partial charge in [0.05, 0.1) is 0 Å². The zero-order chi connectivity index (χ0) is 9.73. The van der Waals surface area contributed by atoms with E-state index in [-0.39, 0.29) is 6.42 Å². The summed E-state index contributed by atoms with van der Waals surface area (Å²) in [6.07, 6.45) is 4.97. The molecule has 0 aromatic carbocycles. The molecule has 0 N–H and O–H groups in total. The maximum atomic E-state index is 11.9. The Morgan fingerprint density at radius 1 is 1.38 bits per heavy atom. The fourth-order valence-electron chi connectivity index (χ4n) is 1.04. The van der Waals surface area contributed by atoms with Crippen molar-refractivity contribution in [2.75, 3.05) is 13.7 Å². The van der Waals surface area contributed by atoms with Crippen LogP contribution in [0.1, 0.15) is 6.42 Å². The molecule has 13 heavy (non-hydrogen) atoms. The van der Waals surface area contributed by atoms with Gasteiger partial charge in [-0.15, -0.1) is 12.6 Å². The summed E-state index contributed by atoms with van der Waals surface area (Å²) in [6, 6.07) is 0. The van der Waals surface area contributed by atoms with Crippen molar-refractivity contribution in [1.82, 2.24) is 0 Å². The summed E-state index contributed by atoms with van der Waals surface area (Å²) in [5, 5.41) is 0. The van der Waals surface area contributed by atoms with E-state index in [0.717, 1.165) is 4.91 Å². The largest absolute Gasteiger partial charge is 0.315 e. The highest BCUT2D eigenvalue weighted by Crippen LogP contribution is 2.27. The number of thiol groups is 1. The number of halogens is 2. The van der Waals surface area contributed by atoms with Gasteiger partial charge in [-0.3, -0.25) is 0 Å². The molecular formula is C8H10F2O2S. The van der Waals surface area contributed by atoms with Gasteiger partial charge in [0.25, 0.3) is 0 Å². The fraction of sp³-hybridized carbons (Fsp3) is 0.500. The number of allylic oxidation sites excluding steroid dienone is 1. The van der Waals surface area contributed by atoms with Crippen molar-refractivity contribution < 1.29 is 18.3 Å². The second-order valence-corrected chi connectivity index (χ2v) is 3.00. The molecule has 1 aliphatic rings. The first-order chi connectivity index (χ1) is 6.22. The van der Waals surface area contributed by atoms with Gasteiger partial charge in [-0.05, 0) is 12.2 Å². The van der Waals surface area contributed by atoms with E-state index in [2.05, 4.69) is 22.1 Å². The minimum absolute atomic E-state index is 0.260. The van der Waals surface area contributed by atoms with Gasteiger partial charge in [-0.2, -0.15) is 0 Å². The van der Waals surface area contributed by atoms with Crippen LogP contribution in [-0.4, -0.2) is 19.5 Å². The zero-order valence-corrected chi connectivity index (χ0v) is 7.77. The van der Waals surface area contributed by atoms with E-state index in [1.54, 1.807) is 12.2 Å². The third kappa shape index (κ3) is 2.79. The molecule has 74 valence electrons. The van der Waals surface area contributed by atoms with Gasteiger partial charge in [0.1, 0.15) is 0 Å². The highest BCUT2D eigenvalue weighted by molar-refractivity contribution is 7.84. The summed E-state index contributed by atoms with van der Waals surface area (Å²) >= 11 is 4.05. The van der Waals surface area contributed by atoms with Crippen LogP contribution in [0, 0.1) is 0 Å². The van der Waals surface area contributed by atoms with Crippen molar-refractivity contribution in [2.45, 2.75) is 12.2 Å². The summed E-state index contributed by atoms with van der Waals surface area (Å²) < 4.78 is 33.2. The van der Waals surface area contributed by atoms with Crippen molar-refractivity contribution >= 4 is 12.6 Å². The average Bonchev–Trinajstić information content (AvgIpc) is 2.11. The Kier molecular flexibility index (Phi) is 3.90. The minimum Gasteiger partial charge on any atom is -0.315 e. The number of alkyl halides is 2. The Bertz CT molecular complexity index is 222. The van der Waals surface area contributed by atoms with E-state index in [0.29, 0.717) is 0 Å². The summed E-state index contributed by atoms with van der Waals surface area (Å²) in [5.74, 6) is -1.30. The highest BCUT2D eigenvalue weighted by atomic mass is 32.1. The Hall–Kier alpha value is -0.390. The van der Waals surface area contributed by atoms with Crippen molar-refractivity contribution in [3.63, 3.8) is 0 Å². The van der Waals surface area contributed by atoms with Gasteiger partial charge in [0, 0.05) is 11.3 Å². The summed E-state index contributed by atoms with van der Waals surface area (Å²) in [6.45, 7) is -2.03. The normalized spacial score (nSPS) is 20.1. The molecule has 0 bridgehead atoms. The highest BCUT2D eigenvalue weighted by Gasteiger charge is 2.30. The Morgan fingerprint density at radius 3 is 2.38 bits per heavy atom. The Labute approximate surface area is 80.6 Å². The van der Waals surface area contributed by atoms with Crippen LogP contribution in [0.2, 0.25) is 0 Å². The van der Waals surface area contributed by atoms with E-state index in [1.807, 2.05) is 0 Å². The summed E-state index contributed by atoms with van der Waals surface area (Å²) in [4.78, 5) is 0.723. The monoisotopic (exact) mass is 208 g/mol. The SMILES string of the molecule is FCOC1(OCF)C=CC(S)=CC1. The molecule has 0 spiro atoms. The molecular weight excluding hydrogens is 198 g/mol. The molecule has 5 heteroatoms. The van der Waals surface area contributed by atoms with Crippen LogP contribution in [0.3, 0.4) is 0 Å². The molecule has 0 fully saturated rings. The molecule has 0 unspecified atom stereocenters. The van der Waals surface area contributed by atoms with Gasteiger partial charge in [0.15, 0.2) is 19.5 Å². The standard InChI is InChI=1S/C8H10F2O2S/c9-5-11-8(12-6-10)3-1-7(13)2-4-8/h1-3,13H,4-6H2. The third-order valence-electron chi connectivity index (χ3n) is 1.70. The van der Waals surface area contributed by atoms with Crippen molar-refractivity contribution in [3.8, 4) is 0 Å². The maximum Gasteiger partial charge on any atom is 0.197 e. The predicted octanol–water partition coefficient (Wildman–Crippen LogP) is 2.34. The molecule has 2 nitrogen and oxygen atoms in total. The molecule has 0 aromatic rings. The smallest absolute Gasteiger partial charge is 0.197 e.